The fraction of sp³-hybridized carbons (Fsp3) is 0.633. The molecule has 3 aliphatic carbocycles. The zero-order valence-electron chi connectivity index (χ0n) is 38.9. The van der Waals surface area contributed by atoms with Crippen molar-refractivity contribution in [3.63, 3.8) is 0 Å². The van der Waals surface area contributed by atoms with Gasteiger partial charge in [-0.1, -0.05) is 69.3 Å². The Bertz CT molecular complexity index is 2170. The van der Waals surface area contributed by atoms with E-state index in [9.17, 15) is 34.5 Å². The Kier molecular flexibility index (Phi) is 13.0. The molecule has 8 rings (SSSR count). The van der Waals surface area contributed by atoms with Gasteiger partial charge in [0.05, 0.1) is 49.6 Å². The quantitative estimate of drug-likeness (QED) is 0.152. The summed E-state index contributed by atoms with van der Waals surface area (Å²) in [5, 5.41) is 41.0. The molecule has 2 aromatic rings. The maximum atomic E-state index is 14.5. The van der Waals surface area contributed by atoms with Crippen molar-refractivity contribution in [1.29, 1.82) is 0 Å². The van der Waals surface area contributed by atoms with Gasteiger partial charge >= 0.3 is 24.0 Å². The number of morpholine rings is 1. The van der Waals surface area contributed by atoms with Crippen molar-refractivity contribution in [3.8, 4) is 0 Å². The summed E-state index contributed by atoms with van der Waals surface area (Å²) in [7, 11) is 0. The van der Waals surface area contributed by atoms with Gasteiger partial charge < -0.3 is 58.5 Å². The predicted molar refractivity (Wildman–Crippen MR) is 233 cm³/mol. The molecule has 3 saturated heterocycles. The molecule has 4 N–H and O–H groups in total. The first-order valence-corrected chi connectivity index (χ1v) is 22.8. The van der Waals surface area contributed by atoms with Crippen LogP contribution in [0.5, 0.6) is 0 Å². The van der Waals surface area contributed by atoms with Gasteiger partial charge in [-0.3, -0.25) is 9.69 Å². The van der Waals surface area contributed by atoms with Crippen molar-refractivity contribution in [1.82, 2.24) is 10.2 Å². The molecule has 17 heteroatoms. The Balaban J connectivity index is 1.28. The summed E-state index contributed by atoms with van der Waals surface area (Å²) < 4.78 is 50.4. The zero-order chi connectivity index (χ0) is 47.6. The molecule has 13 atom stereocenters. The van der Waals surface area contributed by atoms with Crippen molar-refractivity contribution >= 4 is 24.0 Å². The minimum absolute atomic E-state index is 0.0260. The summed E-state index contributed by atoms with van der Waals surface area (Å²) in [4.78, 5) is 57.6. The number of hydrogen-bond acceptors (Lipinski definition) is 16. The molecule has 66 heavy (non-hydrogen) atoms. The van der Waals surface area contributed by atoms with Gasteiger partial charge in [0, 0.05) is 50.2 Å². The highest BCUT2D eigenvalue weighted by molar-refractivity contribution is 5.89. The van der Waals surface area contributed by atoms with Crippen LogP contribution in [0.2, 0.25) is 0 Å². The fourth-order valence-corrected chi connectivity index (χ4v) is 11.5. The number of aliphatic hydroxyl groups excluding tert-OH is 2. The first-order valence-electron chi connectivity index (χ1n) is 22.8. The summed E-state index contributed by atoms with van der Waals surface area (Å²) in [6, 6.07) is 15.3. The molecule has 0 aromatic heterocycles. The minimum Gasteiger partial charge on any atom is -0.456 e. The van der Waals surface area contributed by atoms with Crippen LogP contribution in [-0.4, -0.2) is 149 Å². The molecule has 0 spiro atoms. The van der Waals surface area contributed by atoms with E-state index in [-0.39, 0.29) is 18.6 Å². The number of fused-ring (bicyclic) bond motifs is 8. The SMILES string of the molecule is CC(=O)O[C@@]12COC1C[C@H](O)[C@@]1(C)[C@@H]3OC(CN4CCOCC4)O[C@@H]3C3=C(C)[C@@H](OC(=O)[C@H](O)[C@@H](NC(=O)OC(C)(C)C)c4ccccc4)C[C@@](O)([C@@H](OC(=O)c4ccccc4)[C@@H]12)C3(C)C. The Morgan fingerprint density at radius 2 is 1.61 bits per heavy atom. The van der Waals surface area contributed by atoms with E-state index in [1.54, 1.807) is 109 Å². The number of esters is 3. The second-order valence-electron chi connectivity index (χ2n) is 20.3. The number of aliphatic hydroxyl groups is 3. The lowest BCUT2D eigenvalue weighted by Gasteiger charge is -2.68. The maximum Gasteiger partial charge on any atom is 0.408 e. The monoisotopic (exact) mass is 920 g/mol. The second-order valence-corrected chi connectivity index (χ2v) is 20.3. The van der Waals surface area contributed by atoms with Gasteiger partial charge in [-0.25, -0.2) is 14.4 Å². The molecule has 5 fully saturated rings. The van der Waals surface area contributed by atoms with Gasteiger partial charge in [0.2, 0.25) is 0 Å². The number of alkyl carbamates (subject to hydrolysis) is 1. The molecular weight excluding hydrogens is 857 g/mol. The lowest BCUT2D eigenvalue weighted by atomic mass is 9.44. The van der Waals surface area contributed by atoms with E-state index in [0.717, 1.165) is 0 Å². The molecule has 6 aliphatic rings. The number of nitrogens with zero attached hydrogens (tertiary/aromatic N) is 1. The fourth-order valence-electron chi connectivity index (χ4n) is 11.5. The Hall–Kier alpha value is -4.46. The average molecular weight is 921 g/mol. The molecular formula is C49H64N2O15. The molecule has 2 bridgehead atoms. The van der Waals surface area contributed by atoms with Gasteiger partial charge in [0.1, 0.15) is 35.6 Å². The summed E-state index contributed by atoms with van der Waals surface area (Å²) in [5.41, 5.74) is -5.96. The normalized spacial score (nSPS) is 35.8. The molecule has 1 amide bonds. The van der Waals surface area contributed by atoms with Gasteiger partial charge in [-0.05, 0) is 56.5 Å². The van der Waals surface area contributed by atoms with Crippen LogP contribution >= 0.6 is 0 Å². The smallest absolute Gasteiger partial charge is 0.408 e. The first kappa shape index (κ1) is 48.0. The Morgan fingerprint density at radius 3 is 2.21 bits per heavy atom. The largest absolute Gasteiger partial charge is 0.456 e. The van der Waals surface area contributed by atoms with Crippen molar-refractivity contribution in [2.45, 2.75) is 140 Å². The zero-order valence-corrected chi connectivity index (χ0v) is 38.9. The van der Waals surface area contributed by atoms with E-state index in [1.165, 1.54) is 6.92 Å². The number of carbonyl (C=O) groups excluding carboxylic acids is 4. The van der Waals surface area contributed by atoms with E-state index < -0.39 is 119 Å². The van der Waals surface area contributed by atoms with E-state index in [2.05, 4.69) is 10.2 Å². The van der Waals surface area contributed by atoms with Gasteiger partial charge in [0.15, 0.2) is 18.0 Å². The number of ether oxygens (including phenoxy) is 8. The number of carbonyl (C=O) groups is 4. The van der Waals surface area contributed by atoms with Crippen molar-refractivity contribution < 1.29 is 72.4 Å². The van der Waals surface area contributed by atoms with E-state index in [0.29, 0.717) is 49.6 Å². The summed E-state index contributed by atoms with van der Waals surface area (Å²) in [6.45, 7) is 15.9. The average Bonchev–Trinajstić information content (AvgIpc) is 3.67. The molecule has 0 radical (unpaired) electrons. The van der Waals surface area contributed by atoms with Crippen molar-refractivity contribution in [2.75, 3.05) is 39.5 Å². The van der Waals surface area contributed by atoms with E-state index in [4.69, 9.17) is 37.9 Å². The number of rotatable bonds is 10. The number of nitrogens with one attached hydrogen (secondary N) is 1. The lowest BCUT2D eigenvalue weighted by Crippen LogP contribution is -2.82. The highest BCUT2D eigenvalue weighted by atomic mass is 16.7. The molecule has 3 heterocycles. The van der Waals surface area contributed by atoms with Crippen LogP contribution < -0.4 is 5.32 Å². The van der Waals surface area contributed by atoms with Crippen LogP contribution in [0.1, 0.15) is 90.2 Å². The third-order valence-corrected chi connectivity index (χ3v) is 14.8. The summed E-state index contributed by atoms with van der Waals surface area (Å²) in [6.07, 6.45) is -11.1. The molecule has 2 saturated carbocycles. The van der Waals surface area contributed by atoms with Crippen LogP contribution in [0.3, 0.4) is 0 Å². The molecule has 3 aliphatic heterocycles. The molecule has 2 aromatic carbocycles. The van der Waals surface area contributed by atoms with Gasteiger partial charge in [0.25, 0.3) is 0 Å². The third-order valence-electron chi connectivity index (χ3n) is 14.8. The topological polar surface area (TPSA) is 218 Å². The highest BCUT2D eigenvalue weighted by Gasteiger charge is 2.79. The molecule has 17 nitrogen and oxygen atoms in total. The Morgan fingerprint density at radius 1 is 0.955 bits per heavy atom. The molecule has 2 unspecified atom stereocenters. The van der Waals surface area contributed by atoms with Crippen LogP contribution in [0.15, 0.2) is 71.8 Å². The van der Waals surface area contributed by atoms with Gasteiger partial charge in [-0.15, -0.1) is 0 Å². The predicted octanol–water partition coefficient (Wildman–Crippen LogP) is 3.77. The first-order chi connectivity index (χ1) is 31.1. The third kappa shape index (κ3) is 8.43. The van der Waals surface area contributed by atoms with Gasteiger partial charge in [-0.2, -0.15) is 0 Å². The maximum absolute atomic E-state index is 14.5. The van der Waals surface area contributed by atoms with Crippen LogP contribution in [-0.2, 0) is 47.5 Å². The number of amides is 1. The summed E-state index contributed by atoms with van der Waals surface area (Å²) >= 11 is 0. The Labute approximate surface area is 385 Å². The van der Waals surface area contributed by atoms with Crippen molar-refractivity contribution in [2.24, 2.45) is 16.7 Å². The molecule has 360 valence electrons. The lowest BCUT2D eigenvalue weighted by molar-refractivity contribution is -0.362. The second kappa shape index (κ2) is 17.9. The van der Waals surface area contributed by atoms with Crippen molar-refractivity contribution in [3.05, 3.63) is 82.9 Å². The van der Waals surface area contributed by atoms with Crippen LogP contribution in [0, 0.1) is 16.7 Å². The van der Waals surface area contributed by atoms with Crippen LogP contribution in [0.25, 0.3) is 0 Å². The number of hydrogen-bond donors (Lipinski definition) is 4. The summed E-state index contributed by atoms with van der Waals surface area (Å²) in [5.74, 6) is -3.80. The highest BCUT2D eigenvalue weighted by Crippen LogP contribution is 2.66. The minimum atomic E-state index is -2.19. The number of benzene rings is 2. The standard InChI is InChI=1S/C49H64N2O15/c1-27-31(61-43(56)37(54)36(29-15-11-9-12-16-29)50-44(57)66-45(3,4)5)24-49(58)41(64-42(55)30-17-13-10-14-18-30)39-47(8,32(53)23-33-48(39,26-60-33)65-28(2)52)40-38(35(27)46(49,6)7)62-34(63-40)25-51-19-21-59-22-20-51/h9-18,31-34,36-41,53-54,58H,19-26H2,1-8H3,(H,50,57)/t31-,32-,33?,34?,36-,37+,38+,39-,40+,41-,47+,48-,49+/m0/s1. The van der Waals surface area contributed by atoms with E-state index in [1.807, 2.05) is 0 Å². The van der Waals surface area contributed by atoms with Crippen LogP contribution in [0.4, 0.5) is 4.79 Å². The van der Waals surface area contributed by atoms with E-state index >= 15 is 0 Å².